The van der Waals surface area contributed by atoms with Gasteiger partial charge in [-0.25, -0.2) is 0 Å². The zero-order valence-electron chi connectivity index (χ0n) is 13.0. The van der Waals surface area contributed by atoms with E-state index in [4.69, 9.17) is 0 Å². The van der Waals surface area contributed by atoms with Crippen LogP contribution >= 0.6 is 11.8 Å². The lowest BCUT2D eigenvalue weighted by Crippen LogP contribution is -2.39. The van der Waals surface area contributed by atoms with E-state index >= 15 is 0 Å². The lowest BCUT2D eigenvalue weighted by Gasteiger charge is -2.41. The van der Waals surface area contributed by atoms with E-state index in [0.717, 1.165) is 12.0 Å². The number of hydrogen-bond acceptors (Lipinski definition) is 2. The maximum Gasteiger partial charge on any atom is 0.00684 e. The highest BCUT2D eigenvalue weighted by atomic mass is 32.2. The molecule has 0 spiro atoms. The molecule has 0 radical (unpaired) electrons. The molecule has 0 atom stereocenters. The normalized spacial score (nSPS) is 31.6. The van der Waals surface area contributed by atoms with Crippen molar-refractivity contribution in [3.63, 3.8) is 0 Å². The minimum Gasteiger partial charge on any atom is -0.313 e. The molecule has 0 aromatic heterocycles. The van der Waals surface area contributed by atoms with Crippen molar-refractivity contribution in [2.75, 3.05) is 18.6 Å². The highest BCUT2D eigenvalue weighted by Crippen LogP contribution is 2.43. The Morgan fingerprint density at radius 1 is 1.16 bits per heavy atom. The first kappa shape index (κ1) is 15.7. The van der Waals surface area contributed by atoms with Crippen molar-refractivity contribution in [2.24, 2.45) is 11.3 Å². The minimum absolute atomic E-state index is 0.647. The predicted octanol–water partition coefficient (Wildman–Crippen LogP) is 4.86. The number of hydrogen-bond donors (Lipinski definition) is 1. The van der Waals surface area contributed by atoms with Crippen LogP contribution in [0.15, 0.2) is 0 Å². The van der Waals surface area contributed by atoms with Crippen molar-refractivity contribution < 1.29 is 0 Å². The summed E-state index contributed by atoms with van der Waals surface area (Å²) in [6.45, 7) is 3.63. The second-order valence-corrected chi connectivity index (χ2v) is 7.97. The highest BCUT2D eigenvalue weighted by molar-refractivity contribution is 7.98. The zero-order valence-corrected chi connectivity index (χ0v) is 13.9. The lowest BCUT2D eigenvalue weighted by molar-refractivity contribution is 0.134. The van der Waals surface area contributed by atoms with Gasteiger partial charge >= 0.3 is 0 Å². The van der Waals surface area contributed by atoms with E-state index < -0.39 is 0 Å². The van der Waals surface area contributed by atoms with E-state index in [1.807, 2.05) is 11.8 Å². The van der Waals surface area contributed by atoms with Gasteiger partial charge in [0.15, 0.2) is 0 Å². The van der Waals surface area contributed by atoms with Gasteiger partial charge in [-0.2, -0.15) is 11.8 Å². The van der Waals surface area contributed by atoms with Gasteiger partial charge in [-0.1, -0.05) is 26.2 Å². The second kappa shape index (κ2) is 7.93. The summed E-state index contributed by atoms with van der Waals surface area (Å²) < 4.78 is 0. The van der Waals surface area contributed by atoms with Gasteiger partial charge in [-0.05, 0) is 68.3 Å². The predicted molar refractivity (Wildman–Crippen MR) is 87.9 cm³/mol. The second-order valence-electron chi connectivity index (χ2n) is 6.98. The molecular formula is C17H33NS. The Kier molecular flexibility index (Phi) is 6.55. The van der Waals surface area contributed by atoms with Crippen LogP contribution in [0, 0.1) is 11.3 Å². The Hall–Kier alpha value is 0.310. The fourth-order valence-corrected chi connectivity index (χ4v) is 4.19. The maximum atomic E-state index is 3.82. The Labute approximate surface area is 124 Å². The summed E-state index contributed by atoms with van der Waals surface area (Å²) in [5.74, 6) is 2.40. The van der Waals surface area contributed by atoms with E-state index in [-0.39, 0.29) is 0 Å². The molecule has 0 bridgehead atoms. The molecule has 2 fully saturated rings. The van der Waals surface area contributed by atoms with Crippen molar-refractivity contribution >= 4 is 11.8 Å². The third-order valence-electron chi connectivity index (χ3n) is 5.31. The molecule has 1 N–H and O–H groups in total. The number of thioether (sulfide) groups is 1. The summed E-state index contributed by atoms with van der Waals surface area (Å²) >= 11 is 2.03. The summed E-state index contributed by atoms with van der Waals surface area (Å²) in [5.41, 5.74) is 0.647. The van der Waals surface area contributed by atoms with Gasteiger partial charge < -0.3 is 5.32 Å². The van der Waals surface area contributed by atoms with Gasteiger partial charge in [-0.3, -0.25) is 0 Å². The van der Waals surface area contributed by atoms with Crippen LogP contribution in [0.3, 0.4) is 0 Å². The van der Waals surface area contributed by atoms with E-state index in [0.29, 0.717) is 5.41 Å². The molecule has 0 heterocycles. The third-order valence-corrected chi connectivity index (χ3v) is 5.92. The molecule has 0 amide bonds. The Balaban J connectivity index is 1.77. The standard InChI is InChI=1S/C17H33NS/c1-3-4-5-15-8-10-17(11-9-15,12-13-19-2)14-18-16-6-7-16/h15-16,18H,3-14H2,1-2H3. The number of nitrogens with one attached hydrogen (secondary N) is 1. The smallest absolute Gasteiger partial charge is 0.00684 e. The molecule has 0 saturated heterocycles. The molecule has 19 heavy (non-hydrogen) atoms. The van der Waals surface area contributed by atoms with Gasteiger partial charge in [0.1, 0.15) is 0 Å². The molecule has 2 rings (SSSR count). The third kappa shape index (κ3) is 5.30. The molecule has 112 valence electrons. The molecule has 2 saturated carbocycles. The molecular weight excluding hydrogens is 250 g/mol. The molecule has 0 aromatic rings. The molecule has 2 heteroatoms. The topological polar surface area (TPSA) is 12.0 Å². The average molecular weight is 284 g/mol. The van der Waals surface area contributed by atoms with Crippen LogP contribution < -0.4 is 5.32 Å². The first-order valence-corrected chi connectivity index (χ1v) is 9.90. The lowest BCUT2D eigenvalue weighted by atomic mass is 9.68. The first-order valence-electron chi connectivity index (χ1n) is 8.50. The highest BCUT2D eigenvalue weighted by Gasteiger charge is 2.35. The van der Waals surface area contributed by atoms with Gasteiger partial charge in [0.25, 0.3) is 0 Å². The van der Waals surface area contributed by atoms with Crippen molar-refractivity contribution in [1.82, 2.24) is 5.32 Å². The summed E-state index contributed by atoms with van der Waals surface area (Å²) in [7, 11) is 0. The summed E-state index contributed by atoms with van der Waals surface area (Å²) in [6, 6.07) is 0.879. The quantitative estimate of drug-likeness (QED) is 0.648. The molecule has 0 aliphatic heterocycles. The van der Waals surface area contributed by atoms with Crippen molar-refractivity contribution in [3.05, 3.63) is 0 Å². The van der Waals surface area contributed by atoms with Crippen molar-refractivity contribution in [2.45, 2.75) is 77.2 Å². The van der Waals surface area contributed by atoms with Gasteiger partial charge in [-0.15, -0.1) is 0 Å². The molecule has 0 unspecified atom stereocenters. The van der Waals surface area contributed by atoms with Crippen LogP contribution in [0.2, 0.25) is 0 Å². The summed E-state index contributed by atoms with van der Waals surface area (Å²) in [4.78, 5) is 0. The maximum absolute atomic E-state index is 3.82. The fourth-order valence-electron chi connectivity index (χ4n) is 3.55. The van der Waals surface area contributed by atoms with Crippen LogP contribution in [0.25, 0.3) is 0 Å². The molecule has 0 aromatic carbocycles. The van der Waals surface area contributed by atoms with Crippen LogP contribution in [0.5, 0.6) is 0 Å². The first-order chi connectivity index (χ1) is 9.28. The molecule has 2 aliphatic rings. The van der Waals surface area contributed by atoms with E-state index in [1.165, 1.54) is 76.5 Å². The number of unbranched alkanes of at least 4 members (excludes halogenated alkanes) is 1. The minimum atomic E-state index is 0.647. The van der Waals surface area contributed by atoms with Gasteiger partial charge in [0, 0.05) is 12.6 Å². The van der Waals surface area contributed by atoms with Gasteiger partial charge in [0.2, 0.25) is 0 Å². The van der Waals surface area contributed by atoms with Crippen LogP contribution in [-0.4, -0.2) is 24.6 Å². The Morgan fingerprint density at radius 3 is 2.47 bits per heavy atom. The Morgan fingerprint density at radius 2 is 1.89 bits per heavy atom. The van der Waals surface area contributed by atoms with Crippen LogP contribution in [0.4, 0.5) is 0 Å². The van der Waals surface area contributed by atoms with Crippen molar-refractivity contribution in [1.29, 1.82) is 0 Å². The molecule has 2 aliphatic carbocycles. The molecule has 1 nitrogen and oxygen atoms in total. The van der Waals surface area contributed by atoms with Crippen LogP contribution in [-0.2, 0) is 0 Å². The Bertz CT molecular complexity index is 242. The van der Waals surface area contributed by atoms with E-state index in [9.17, 15) is 0 Å². The fraction of sp³-hybridized carbons (Fsp3) is 1.00. The van der Waals surface area contributed by atoms with E-state index in [2.05, 4.69) is 18.5 Å². The summed E-state index contributed by atoms with van der Waals surface area (Å²) in [5, 5.41) is 3.82. The monoisotopic (exact) mass is 283 g/mol. The number of rotatable bonds is 9. The average Bonchev–Trinajstić information content (AvgIpc) is 3.27. The SMILES string of the molecule is CCCCC1CCC(CCSC)(CNC2CC2)CC1. The van der Waals surface area contributed by atoms with Crippen molar-refractivity contribution in [3.8, 4) is 0 Å². The van der Waals surface area contributed by atoms with Crippen LogP contribution in [0.1, 0.15) is 71.1 Å². The van der Waals surface area contributed by atoms with E-state index in [1.54, 1.807) is 0 Å². The zero-order chi connectivity index (χ0) is 13.6. The largest absolute Gasteiger partial charge is 0.313 e. The summed E-state index contributed by atoms with van der Waals surface area (Å²) in [6.07, 6.45) is 16.8. The van der Waals surface area contributed by atoms with Gasteiger partial charge in [0.05, 0.1) is 0 Å².